The minimum atomic E-state index is 0.712. The van der Waals surface area contributed by atoms with E-state index in [1.54, 1.807) is 0 Å². The van der Waals surface area contributed by atoms with Gasteiger partial charge in [0.2, 0.25) is 0 Å². The highest BCUT2D eigenvalue weighted by Crippen LogP contribution is 1.97. The highest BCUT2D eigenvalue weighted by atomic mass is 14.8. The molecule has 0 atom stereocenters. The van der Waals surface area contributed by atoms with Crippen molar-refractivity contribution in [1.82, 2.24) is 5.32 Å². The summed E-state index contributed by atoms with van der Waals surface area (Å²) in [5.41, 5.74) is 2.35. The molecule has 0 aliphatic heterocycles. The van der Waals surface area contributed by atoms with Crippen molar-refractivity contribution < 1.29 is 0 Å². The summed E-state index contributed by atoms with van der Waals surface area (Å²) in [7, 11) is 0. The van der Waals surface area contributed by atoms with Crippen molar-refractivity contribution in [3.8, 4) is 11.8 Å². The standard InChI is InChI=1S/C16H15N/c1-3-8-15(9-4-1)12-7-13-17-14-16-10-5-2-6-11-16/h1-6,8-11,17H,13-14H2. The maximum atomic E-state index is 3.30. The summed E-state index contributed by atoms with van der Waals surface area (Å²) in [6, 6.07) is 20.4. The maximum absolute atomic E-state index is 3.30. The summed E-state index contributed by atoms with van der Waals surface area (Å²) < 4.78 is 0. The molecule has 0 aliphatic carbocycles. The monoisotopic (exact) mass is 221 g/mol. The average molecular weight is 221 g/mol. The highest BCUT2D eigenvalue weighted by Gasteiger charge is 1.87. The smallest absolute Gasteiger partial charge is 0.0582 e. The van der Waals surface area contributed by atoms with Gasteiger partial charge in [0.25, 0.3) is 0 Å². The molecule has 1 nitrogen and oxygen atoms in total. The molecule has 1 N–H and O–H groups in total. The van der Waals surface area contributed by atoms with Crippen molar-refractivity contribution in [1.29, 1.82) is 0 Å². The summed E-state index contributed by atoms with van der Waals surface area (Å²) in [5.74, 6) is 6.23. The van der Waals surface area contributed by atoms with Crippen LogP contribution in [0.4, 0.5) is 0 Å². The first-order valence-corrected chi connectivity index (χ1v) is 5.74. The molecule has 0 saturated heterocycles. The minimum Gasteiger partial charge on any atom is -0.302 e. The van der Waals surface area contributed by atoms with Crippen molar-refractivity contribution in [2.75, 3.05) is 6.54 Å². The first kappa shape index (κ1) is 11.4. The molecule has 0 heterocycles. The van der Waals surface area contributed by atoms with Gasteiger partial charge in [0.1, 0.15) is 0 Å². The molecule has 0 unspecified atom stereocenters. The SMILES string of the molecule is C(#Cc1ccccc1)CNCc1ccccc1. The van der Waals surface area contributed by atoms with Crippen molar-refractivity contribution in [3.63, 3.8) is 0 Å². The molecule has 1 heteroatoms. The van der Waals surface area contributed by atoms with E-state index in [-0.39, 0.29) is 0 Å². The Labute approximate surface area is 102 Å². The molecule has 2 aromatic carbocycles. The lowest BCUT2D eigenvalue weighted by Crippen LogP contribution is -2.12. The van der Waals surface area contributed by atoms with E-state index in [2.05, 4.69) is 29.3 Å². The van der Waals surface area contributed by atoms with Crippen molar-refractivity contribution in [2.45, 2.75) is 6.54 Å². The molecule has 84 valence electrons. The van der Waals surface area contributed by atoms with E-state index in [1.165, 1.54) is 5.56 Å². The van der Waals surface area contributed by atoms with Crippen LogP contribution in [0.5, 0.6) is 0 Å². The fourth-order valence-corrected chi connectivity index (χ4v) is 1.53. The third kappa shape index (κ3) is 4.14. The van der Waals surface area contributed by atoms with Crippen LogP contribution in [0.1, 0.15) is 11.1 Å². The van der Waals surface area contributed by atoms with Crippen LogP contribution in [0.3, 0.4) is 0 Å². The lowest BCUT2D eigenvalue weighted by atomic mass is 10.2. The van der Waals surface area contributed by atoms with E-state index in [0.717, 1.165) is 12.1 Å². The molecule has 0 bridgehead atoms. The van der Waals surface area contributed by atoms with Crippen LogP contribution in [-0.4, -0.2) is 6.54 Å². The predicted molar refractivity (Wildman–Crippen MR) is 71.5 cm³/mol. The van der Waals surface area contributed by atoms with Crippen LogP contribution in [0.15, 0.2) is 60.7 Å². The highest BCUT2D eigenvalue weighted by molar-refractivity contribution is 5.33. The number of benzene rings is 2. The van der Waals surface area contributed by atoms with Crippen molar-refractivity contribution >= 4 is 0 Å². The van der Waals surface area contributed by atoms with Gasteiger partial charge in [0.05, 0.1) is 6.54 Å². The molecule has 2 rings (SSSR count). The molecule has 0 aromatic heterocycles. The van der Waals surface area contributed by atoms with E-state index < -0.39 is 0 Å². The second kappa shape index (κ2) is 6.52. The van der Waals surface area contributed by atoms with E-state index >= 15 is 0 Å². The van der Waals surface area contributed by atoms with Crippen LogP contribution in [0.25, 0.3) is 0 Å². The summed E-state index contributed by atoms with van der Waals surface area (Å²) in [5, 5.41) is 3.30. The van der Waals surface area contributed by atoms with Gasteiger partial charge < -0.3 is 5.32 Å². The molecule has 2 aromatic rings. The lowest BCUT2D eigenvalue weighted by Gasteiger charge is -1.99. The van der Waals surface area contributed by atoms with E-state index in [4.69, 9.17) is 0 Å². The molecular weight excluding hydrogens is 206 g/mol. The number of hydrogen-bond donors (Lipinski definition) is 1. The predicted octanol–water partition coefficient (Wildman–Crippen LogP) is 2.83. The van der Waals surface area contributed by atoms with Crippen LogP contribution in [0, 0.1) is 11.8 Å². The summed E-state index contributed by atoms with van der Waals surface area (Å²) in [4.78, 5) is 0. The van der Waals surface area contributed by atoms with E-state index in [1.807, 2.05) is 48.5 Å². The Morgan fingerprint density at radius 2 is 1.47 bits per heavy atom. The Morgan fingerprint density at radius 1 is 0.824 bits per heavy atom. The largest absolute Gasteiger partial charge is 0.302 e. The molecule has 0 fully saturated rings. The fraction of sp³-hybridized carbons (Fsp3) is 0.125. The van der Waals surface area contributed by atoms with Crippen LogP contribution >= 0.6 is 0 Å². The van der Waals surface area contributed by atoms with Gasteiger partial charge in [-0.25, -0.2) is 0 Å². The van der Waals surface area contributed by atoms with Gasteiger partial charge in [-0.2, -0.15) is 0 Å². The van der Waals surface area contributed by atoms with Crippen molar-refractivity contribution in [3.05, 3.63) is 71.8 Å². The fourth-order valence-electron chi connectivity index (χ4n) is 1.53. The van der Waals surface area contributed by atoms with E-state index in [0.29, 0.717) is 6.54 Å². The molecular formula is C16H15N. The van der Waals surface area contributed by atoms with E-state index in [9.17, 15) is 0 Å². The maximum Gasteiger partial charge on any atom is 0.0582 e. The van der Waals surface area contributed by atoms with Crippen LogP contribution < -0.4 is 5.32 Å². The summed E-state index contributed by atoms with van der Waals surface area (Å²) in [6.45, 7) is 1.58. The Hall–Kier alpha value is -2.04. The summed E-state index contributed by atoms with van der Waals surface area (Å²) >= 11 is 0. The topological polar surface area (TPSA) is 12.0 Å². The summed E-state index contributed by atoms with van der Waals surface area (Å²) in [6.07, 6.45) is 0. The quantitative estimate of drug-likeness (QED) is 0.621. The average Bonchev–Trinajstić information content (AvgIpc) is 2.41. The second-order valence-corrected chi connectivity index (χ2v) is 3.76. The number of rotatable bonds is 3. The number of nitrogens with one attached hydrogen (secondary N) is 1. The molecule has 0 spiro atoms. The molecule has 0 aliphatic rings. The number of hydrogen-bond acceptors (Lipinski definition) is 1. The van der Waals surface area contributed by atoms with Gasteiger partial charge in [0, 0.05) is 12.1 Å². The van der Waals surface area contributed by atoms with Crippen molar-refractivity contribution in [2.24, 2.45) is 0 Å². The minimum absolute atomic E-state index is 0.712. The Bertz CT molecular complexity index is 491. The zero-order valence-corrected chi connectivity index (χ0v) is 9.69. The third-order valence-corrected chi connectivity index (χ3v) is 2.39. The molecule has 17 heavy (non-hydrogen) atoms. The van der Waals surface area contributed by atoms with Gasteiger partial charge in [0.15, 0.2) is 0 Å². The first-order valence-electron chi connectivity index (χ1n) is 5.74. The second-order valence-electron chi connectivity index (χ2n) is 3.76. The van der Waals surface area contributed by atoms with Gasteiger partial charge in [-0.3, -0.25) is 0 Å². The van der Waals surface area contributed by atoms with Crippen LogP contribution in [0.2, 0.25) is 0 Å². The molecule has 0 radical (unpaired) electrons. The van der Waals surface area contributed by atoms with Gasteiger partial charge >= 0.3 is 0 Å². The normalized spacial score (nSPS) is 9.41. The van der Waals surface area contributed by atoms with Gasteiger partial charge in [-0.05, 0) is 17.7 Å². The zero-order chi connectivity index (χ0) is 11.8. The lowest BCUT2D eigenvalue weighted by molar-refractivity contribution is 0.770. The van der Waals surface area contributed by atoms with Gasteiger partial charge in [-0.15, -0.1) is 0 Å². The molecule has 0 amide bonds. The zero-order valence-electron chi connectivity index (χ0n) is 9.69. The van der Waals surface area contributed by atoms with Crippen LogP contribution in [-0.2, 0) is 6.54 Å². The van der Waals surface area contributed by atoms with Gasteiger partial charge in [-0.1, -0.05) is 60.4 Å². The molecule has 0 saturated carbocycles. The third-order valence-electron chi connectivity index (χ3n) is 2.39. The Morgan fingerprint density at radius 3 is 2.18 bits per heavy atom. The first-order chi connectivity index (χ1) is 8.45. The Kier molecular flexibility index (Phi) is 4.39. The Balaban J connectivity index is 1.76.